The summed E-state index contributed by atoms with van der Waals surface area (Å²) in [5, 5.41) is 6.72. The Morgan fingerprint density at radius 3 is 2.31 bits per heavy atom. The zero-order valence-corrected chi connectivity index (χ0v) is 19.0. The number of aromatic nitrogens is 1. The van der Waals surface area contributed by atoms with Crippen molar-refractivity contribution in [2.75, 3.05) is 22.8 Å². The maximum absolute atomic E-state index is 13.3. The van der Waals surface area contributed by atoms with E-state index in [1.807, 2.05) is 0 Å². The van der Waals surface area contributed by atoms with E-state index in [-0.39, 0.29) is 11.9 Å². The molecule has 0 saturated carbocycles. The highest BCUT2D eigenvalue weighted by molar-refractivity contribution is 7.91. The van der Waals surface area contributed by atoms with Gasteiger partial charge in [0.2, 0.25) is 5.88 Å². The molecular formula is C22H28N4O5S. The first-order valence-electron chi connectivity index (χ1n) is 11.2. The molecule has 2 aliphatic carbocycles. The molecule has 5 rings (SSSR count). The second kappa shape index (κ2) is 8.40. The number of rotatable bonds is 5. The van der Waals surface area contributed by atoms with E-state index in [4.69, 9.17) is 9.26 Å². The lowest BCUT2D eigenvalue weighted by atomic mass is 9.99. The predicted molar refractivity (Wildman–Crippen MR) is 119 cm³/mol. The van der Waals surface area contributed by atoms with Crippen LogP contribution in [-0.4, -0.2) is 38.9 Å². The van der Waals surface area contributed by atoms with Crippen LogP contribution in [0.25, 0.3) is 0 Å². The normalized spacial score (nSPS) is 18.3. The quantitative estimate of drug-likeness (QED) is 0.709. The zero-order valence-electron chi connectivity index (χ0n) is 18.1. The minimum atomic E-state index is -4.23. The van der Waals surface area contributed by atoms with Gasteiger partial charge in [0.1, 0.15) is 0 Å². The lowest BCUT2D eigenvalue weighted by Crippen LogP contribution is -2.51. The molecule has 0 spiro atoms. The van der Waals surface area contributed by atoms with Crippen molar-refractivity contribution < 1.29 is 22.5 Å². The first-order chi connectivity index (χ1) is 15.4. The fourth-order valence-electron chi connectivity index (χ4n) is 5.14. The Kier molecular flexibility index (Phi) is 5.58. The molecule has 0 bridgehead atoms. The number of hydrogen-bond donors (Lipinski definition) is 2. The van der Waals surface area contributed by atoms with Crippen molar-refractivity contribution in [1.82, 2.24) is 9.88 Å². The van der Waals surface area contributed by atoms with Crippen molar-refractivity contribution >= 4 is 27.8 Å². The number of hydrogen-bond acceptors (Lipinski definition) is 6. The molecule has 1 aliphatic heterocycles. The number of nitrogens with zero attached hydrogens (tertiary/aromatic N) is 2. The molecule has 0 radical (unpaired) electrons. The van der Waals surface area contributed by atoms with Crippen LogP contribution in [0.15, 0.2) is 16.7 Å². The average molecular weight is 461 g/mol. The monoisotopic (exact) mass is 460 g/mol. The van der Waals surface area contributed by atoms with Gasteiger partial charge in [-0.3, -0.25) is 0 Å². The minimum absolute atomic E-state index is 0.0937. The molecular weight excluding hydrogens is 432 g/mol. The summed E-state index contributed by atoms with van der Waals surface area (Å²) in [6.45, 7) is 2.61. The molecule has 1 aromatic heterocycles. The Morgan fingerprint density at radius 1 is 1.06 bits per heavy atom. The van der Waals surface area contributed by atoms with Crippen LogP contribution in [-0.2, 0) is 40.6 Å². The van der Waals surface area contributed by atoms with Crippen LogP contribution < -0.4 is 14.3 Å². The third kappa shape index (κ3) is 3.97. The Bertz CT molecular complexity index is 1110. The molecule has 3 aliphatic rings. The summed E-state index contributed by atoms with van der Waals surface area (Å²) in [6, 6.07) is 2.69. The van der Waals surface area contributed by atoms with Crippen LogP contribution in [0.3, 0.4) is 0 Å². The van der Waals surface area contributed by atoms with Gasteiger partial charge in [-0.15, -0.1) is 0 Å². The number of nitrogens with one attached hydrogen (secondary N) is 2. The van der Waals surface area contributed by atoms with Gasteiger partial charge in [0.15, 0.2) is 0 Å². The predicted octanol–water partition coefficient (Wildman–Crippen LogP) is 3.01. The van der Waals surface area contributed by atoms with E-state index in [9.17, 15) is 13.2 Å². The Labute approximate surface area is 187 Å². The topological polar surface area (TPSA) is 114 Å². The van der Waals surface area contributed by atoms with Crippen LogP contribution in [0.1, 0.15) is 53.6 Å². The zero-order chi connectivity index (χ0) is 22.3. The first-order valence-corrected chi connectivity index (χ1v) is 12.7. The summed E-state index contributed by atoms with van der Waals surface area (Å²) in [5.41, 5.74) is 6.19. The molecule has 1 aromatic carbocycles. The number of urea groups is 1. The lowest BCUT2D eigenvalue weighted by Gasteiger charge is -2.32. The van der Waals surface area contributed by atoms with Crippen molar-refractivity contribution in [3.63, 3.8) is 0 Å². The van der Waals surface area contributed by atoms with E-state index in [0.717, 1.165) is 59.6 Å². The third-order valence-corrected chi connectivity index (χ3v) is 7.99. The van der Waals surface area contributed by atoms with Gasteiger partial charge < -0.3 is 14.6 Å². The highest BCUT2D eigenvalue weighted by atomic mass is 32.2. The minimum Gasteiger partial charge on any atom is -0.381 e. The van der Waals surface area contributed by atoms with Gasteiger partial charge in [-0.25, -0.2) is 13.8 Å². The molecule has 10 heteroatoms. The lowest BCUT2D eigenvalue weighted by molar-refractivity contribution is 0.0867. The molecule has 1 saturated heterocycles. The van der Waals surface area contributed by atoms with Crippen LogP contribution in [0, 0.1) is 6.92 Å². The Balaban J connectivity index is 1.41. The van der Waals surface area contributed by atoms with Crippen molar-refractivity contribution in [2.45, 2.75) is 64.3 Å². The van der Waals surface area contributed by atoms with E-state index in [1.54, 1.807) is 13.0 Å². The molecule has 0 unspecified atom stereocenters. The molecule has 172 valence electrons. The van der Waals surface area contributed by atoms with Crippen molar-refractivity contribution in [2.24, 2.45) is 0 Å². The smallest absolute Gasteiger partial charge is 0.334 e. The fourth-order valence-corrected chi connectivity index (χ4v) is 6.45. The molecule has 0 atom stereocenters. The standard InChI is InChI=1S/C22H28N4O5S/c1-14-12-20(31-24-14)26(17-8-10-30-11-9-17)32(28,29)25-22(27)23-21-18-6-2-4-15(18)13-16-5-3-7-19(16)21/h12-13,17H,2-11H2,1H3,(H2,23,25,27). The van der Waals surface area contributed by atoms with E-state index < -0.39 is 16.2 Å². The van der Waals surface area contributed by atoms with E-state index in [2.05, 4.69) is 21.3 Å². The summed E-state index contributed by atoms with van der Waals surface area (Å²) in [4.78, 5) is 13.0. The van der Waals surface area contributed by atoms with Gasteiger partial charge in [-0.1, -0.05) is 11.2 Å². The first kappa shape index (κ1) is 21.3. The number of carbonyl (C=O) groups is 1. The Hall–Kier alpha value is -2.59. The second-order valence-corrected chi connectivity index (χ2v) is 10.3. The van der Waals surface area contributed by atoms with Gasteiger partial charge in [-0.2, -0.15) is 8.42 Å². The molecule has 2 aromatic rings. The molecule has 2 amide bonds. The average Bonchev–Trinajstić information content (AvgIpc) is 3.49. The van der Waals surface area contributed by atoms with Crippen LogP contribution in [0.4, 0.5) is 16.4 Å². The number of carbonyl (C=O) groups excluding carboxylic acids is 1. The number of fused-ring (bicyclic) bond motifs is 2. The van der Waals surface area contributed by atoms with Crippen LogP contribution in [0.5, 0.6) is 0 Å². The summed E-state index contributed by atoms with van der Waals surface area (Å²) < 4.78 is 40.7. The highest BCUT2D eigenvalue weighted by Gasteiger charge is 2.36. The van der Waals surface area contributed by atoms with Crippen LogP contribution >= 0.6 is 0 Å². The summed E-state index contributed by atoms with van der Waals surface area (Å²) in [5.74, 6) is 0.0937. The summed E-state index contributed by atoms with van der Waals surface area (Å²) >= 11 is 0. The van der Waals surface area contributed by atoms with E-state index >= 15 is 0 Å². The van der Waals surface area contributed by atoms with E-state index in [0.29, 0.717) is 31.7 Å². The third-order valence-electron chi connectivity index (χ3n) is 6.55. The van der Waals surface area contributed by atoms with Crippen molar-refractivity contribution in [3.05, 3.63) is 40.1 Å². The van der Waals surface area contributed by atoms with Gasteiger partial charge >= 0.3 is 16.2 Å². The molecule has 2 N–H and O–H groups in total. The number of anilines is 2. The number of aryl methyl sites for hydroxylation is 3. The largest absolute Gasteiger partial charge is 0.381 e. The molecule has 32 heavy (non-hydrogen) atoms. The molecule has 9 nitrogen and oxygen atoms in total. The summed E-state index contributed by atoms with van der Waals surface area (Å²) in [6.07, 6.45) is 6.90. The van der Waals surface area contributed by atoms with Gasteiger partial charge in [0.25, 0.3) is 0 Å². The number of benzene rings is 1. The molecule has 1 fully saturated rings. The van der Waals surface area contributed by atoms with E-state index in [1.165, 1.54) is 11.1 Å². The van der Waals surface area contributed by atoms with Crippen molar-refractivity contribution in [1.29, 1.82) is 0 Å². The maximum Gasteiger partial charge on any atom is 0.334 e. The fraction of sp³-hybridized carbons (Fsp3) is 0.545. The second-order valence-electron chi connectivity index (χ2n) is 8.74. The SMILES string of the molecule is Cc1cc(N(C2CCOCC2)S(=O)(=O)NC(=O)Nc2c3c(cc4c2CCC4)CCC3)on1. The number of amides is 2. The van der Waals surface area contributed by atoms with Gasteiger partial charge in [0, 0.05) is 25.0 Å². The Morgan fingerprint density at radius 2 is 1.72 bits per heavy atom. The number of ether oxygens (including phenoxy) is 1. The molecule has 2 heterocycles. The maximum atomic E-state index is 13.3. The summed E-state index contributed by atoms with van der Waals surface area (Å²) in [7, 11) is -4.23. The van der Waals surface area contributed by atoms with Crippen LogP contribution in [0.2, 0.25) is 0 Å². The van der Waals surface area contributed by atoms with Gasteiger partial charge in [0.05, 0.1) is 11.7 Å². The van der Waals surface area contributed by atoms with Crippen molar-refractivity contribution in [3.8, 4) is 0 Å². The van der Waals surface area contributed by atoms with Gasteiger partial charge in [-0.05, 0) is 80.5 Å². The highest BCUT2D eigenvalue weighted by Crippen LogP contribution is 2.38.